The van der Waals surface area contributed by atoms with Crippen LogP contribution in [0.3, 0.4) is 0 Å². The molecule has 1 aliphatic rings. The van der Waals surface area contributed by atoms with Gasteiger partial charge in [-0.3, -0.25) is 23.6 Å². The summed E-state index contributed by atoms with van der Waals surface area (Å²) in [5.74, 6) is -4.56. The Hall–Kier alpha value is -3.54. The number of carbonyl (C=O) groups excluding carboxylic acids is 4. The molecule has 182 valence electrons. The highest BCUT2D eigenvalue weighted by Crippen LogP contribution is 2.24. The summed E-state index contributed by atoms with van der Waals surface area (Å²) in [6, 6.07) is 7.67. The highest BCUT2D eigenvalue weighted by Gasteiger charge is 2.42. The third-order valence-corrected chi connectivity index (χ3v) is 5.72. The number of nitrogens with zero attached hydrogens (tertiary/aromatic N) is 1. The van der Waals surface area contributed by atoms with Crippen LogP contribution in [0.15, 0.2) is 35.1 Å². The Morgan fingerprint density at radius 1 is 1.21 bits per heavy atom. The van der Waals surface area contributed by atoms with E-state index in [1.54, 1.807) is 26.0 Å². The number of carbonyl (C=O) groups is 4. The number of H-pyrrole nitrogens is 1. The maximum atomic E-state index is 13.1. The van der Waals surface area contributed by atoms with Crippen LogP contribution < -0.4 is 10.9 Å². The molecule has 2 aromatic rings. The van der Waals surface area contributed by atoms with Gasteiger partial charge in [-0.15, -0.1) is 0 Å². The fourth-order valence-electron chi connectivity index (χ4n) is 3.32. The van der Waals surface area contributed by atoms with Gasteiger partial charge in [0.15, 0.2) is 12.1 Å². The van der Waals surface area contributed by atoms with Crippen LogP contribution in [0, 0.1) is 11.8 Å². The fourth-order valence-corrected chi connectivity index (χ4v) is 3.80. The number of aromatic nitrogens is 2. The Balaban J connectivity index is 1.87. The number of esters is 3. The molecule has 2 N–H and O–H groups in total. The summed E-state index contributed by atoms with van der Waals surface area (Å²) in [6.07, 6.45) is -1.98. The number of ether oxygens (including phenoxy) is 3. The Kier molecular flexibility index (Phi) is 8.16. The van der Waals surface area contributed by atoms with Crippen LogP contribution in [0.2, 0.25) is 0 Å². The molecule has 1 saturated heterocycles. The van der Waals surface area contributed by atoms with E-state index < -0.39 is 71.8 Å². The smallest absolute Gasteiger partial charge is 0.332 e. The van der Waals surface area contributed by atoms with Gasteiger partial charge in [0.05, 0.1) is 5.92 Å². The van der Waals surface area contributed by atoms with Crippen LogP contribution in [0.25, 0.3) is 0 Å². The van der Waals surface area contributed by atoms with Crippen molar-refractivity contribution in [2.75, 3.05) is 6.61 Å². The Morgan fingerprint density at radius 3 is 2.53 bits per heavy atom. The molecule has 2 unspecified atom stereocenters. The van der Waals surface area contributed by atoms with Crippen molar-refractivity contribution in [3.63, 3.8) is 0 Å². The van der Waals surface area contributed by atoms with Crippen LogP contribution in [-0.4, -0.2) is 57.4 Å². The van der Waals surface area contributed by atoms with Gasteiger partial charge in [0.25, 0.3) is 11.5 Å². The average molecular weight is 492 g/mol. The molecule has 1 aromatic carbocycles. The molecule has 1 aromatic heterocycles. The molecule has 0 radical (unpaired) electrons. The van der Waals surface area contributed by atoms with Gasteiger partial charge in [0, 0.05) is 11.7 Å². The predicted molar refractivity (Wildman–Crippen MR) is 119 cm³/mol. The van der Waals surface area contributed by atoms with Gasteiger partial charge in [-0.25, -0.2) is 4.79 Å². The number of benzene rings is 1. The zero-order valence-electron chi connectivity index (χ0n) is 18.8. The van der Waals surface area contributed by atoms with Crippen LogP contribution in [0.5, 0.6) is 0 Å². The predicted octanol–water partition coefficient (Wildman–Crippen LogP) is 0.845. The second-order valence-electron chi connectivity index (χ2n) is 8.11. The molecule has 4 atom stereocenters. The topological polar surface area (TPSA) is 154 Å². The van der Waals surface area contributed by atoms with Gasteiger partial charge >= 0.3 is 17.9 Å². The highest BCUT2D eigenvalue weighted by molar-refractivity contribution is 6.99. The van der Waals surface area contributed by atoms with Gasteiger partial charge in [0.2, 0.25) is 5.69 Å². The van der Waals surface area contributed by atoms with Crippen LogP contribution in [0.1, 0.15) is 36.8 Å². The van der Waals surface area contributed by atoms with Crippen molar-refractivity contribution in [2.45, 2.75) is 45.4 Å². The molecule has 11 nitrogen and oxygen atoms in total. The lowest BCUT2D eigenvalue weighted by Crippen LogP contribution is -2.47. The van der Waals surface area contributed by atoms with Crippen molar-refractivity contribution in [1.82, 2.24) is 14.1 Å². The molecule has 12 heteroatoms. The van der Waals surface area contributed by atoms with Gasteiger partial charge in [-0.2, -0.15) is 4.37 Å². The standard InChI is InChI=1S/C22H25N3O8S/c1-11(2)20(28)33-17-12(3)32-22(30)15(23-18(26)16-19(27)25-34-24-16)10-31-21(29)14(17)9-13-7-5-4-6-8-13/h4-8,11-12,14-15,17H,9-10H2,1-3H3,(H,23,26)(H,25,27)/t12-,14+,15?,17?/m0/s1. The number of hydrogen-bond donors (Lipinski definition) is 2. The summed E-state index contributed by atoms with van der Waals surface area (Å²) < 4.78 is 22.3. The minimum atomic E-state index is -1.39. The minimum Gasteiger partial charge on any atom is -0.463 e. The highest BCUT2D eigenvalue weighted by atomic mass is 32.1. The molecule has 3 rings (SSSR count). The minimum absolute atomic E-state index is 0.169. The van der Waals surface area contributed by atoms with E-state index in [-0.39, 0.29) is 6.42 Å². The summed E-state index contributed by atoms with van der Waals surface area (Å²) in [6.45, 7) is 4.25. The first-order chi connectivity index (χ1) is 16.2. The van der Waals surface area contributed by atoms with Gasteiger partial charge < -0.3 is 19.5 Å². The van der Waals surface area contributed by atoms with E-state index in [0.29, 0.717) is 11.7 Å². The number of cyclic esters (lactones) is 2. The SMILES string of the molecule is CC(C)C(=O)OC1[C@H](C)OC(=O)C(NC(=O)c2ns[nH]c2=O)COC(=O)[C@@H]1Cc1ccccc1. The molecule has 1 aliphatic heterocycles. The Bertz CT molecular complexity index is 1100. The monoisotopic (exact) mass is 491 g/mol. The van der Waals surface area contributed by atoms with Crippen molar-refractivity contribution >= 4 is 35.5 Å². The molecule has 1 amide bonds. The number of amides is 1. The Labute approximate surface area is 199 Å². The van der Waals surface area contributed by atoms with Gasteiger partial charge in [0.1, 0.15) is 18.6 Å². The molecule has 0 bridgehead atoms. The zero-order valence-corrected chi connectivity index (χ0v) is 19.6. The van der Waals surface area contributed by atoms with E-state index in [1.165, 1.54) is 6.92 Å². The first kappa shape index (κ1) is 25.1. The van der Waals surface area contributed by atoms with Crippen molar-refractivity contribution in [3.05, 3.63) is 51.9 Å². The normalized spacial score (nSPS) is 23.2. The largest absolute Gasteiger partial charge is 0.463 e. The second kappa shape index (κ2) is 11.1. The van der Waals surface area contributed by atoms with E-state index in [4.69, 9.17) is 14.2 Å². The van der Waals surface area contributed by atoms with E-state index >= 15 is 0 Å². The Morgan fingerprint density at radius 2 is 1.91 bits per heavy atom. The zero-order chi connectivity index (χ0) is 24.8. The average Bonchev–Trinajstić information content (AvgIpc) is 3.25. The number of nitrogens with one attached hydrogen (secondary N) is 2. The van der Waals surface area contributed by atoms with Crippen molar-refractivity contribution < 1.29 is 33.4 Å². The van der Waals surface area contributed by atoms with Crippen LogP contribution in [-0.2, 0) is 35.0 Å². The lowest BCUT2D eigenvalue weighted by atomic mass is 9.91. The third-order valence-electron chi connectivity index (χ3n) is 5.17. The first-order valence-electron chi connectivity index (χ1n) is 10.6. The molecule has 1 fully saturated rings. The van der Waals surface area contributed by atoms with Crippen molar-refractivity contribution in [1.29, 1.82) is 0 Å². The van der Waals surface area contributed by atoms with Gasteiger partial charge in [-0.05, 0) is 18.9 Å². The summed E-state index contributed by atoms with van der Waals surface area (Å²) in [5, 5.41) is 2.31. The summed E-state index contributed by atoms with van der Waals surface area (Å²) >= 11 is 0.680. The van der Waals surface area contributed by atoms with Crippen LogP contribution >= 0.6 is 11.7 Å². The van der Waals surface area contributed by atoms with Crippen molar-refractivity contribution in [2.24, 2.45) is 11.8 Å². The lowest BCUT2D eigenvalue weighted by molar-refractivity contribution is -0.176. The number of hydrogen-bond acceptors (Lipinski definition) is 10. The summed E-state index contributed by atoms with van der Waals surface area (Å²) in [5.41, 5.74) is -0.351. The number of aromatic amines is 1. The fraction of sp³-hybridized carbons (Fsp3) is 0.455. The van der Waals surface area contributed by atoms with E-state index in [0.717, 1.165) is 5.56 Å². The van der Waals surface area contributed by atoms with E-state index in [9.17, 15) is 24.0 Å². The molecule has 2 heterocycles. The summed E-state index contributed by atoms with van der Waals surface area (Å²) in [4.78, 5) is 62.3. The molecule has 34 heavy (non-hydrogen) atoms. The quantitative estimate of drug-likeness (QED) is 0.442. The van der Waals surface area contributed by atoms with Crippen molar-refractivity contribution in [3.8, 4) is 0 Å². The van der Waals surface area contributed by atoms with E-state index in [1.807, 2.05) is 18.2 Å². The molecular weight excluding hydrogens is 466 g/mol. The third kappa shape index (κ3) is 6.07. The van der Waals surface area contributed by atoms with E-state index in [2.05, 4.69) is 14.1 Å². The number of rotatable bonds is 6. The first-order valence-corrected chi connectivity index (χ1v) is 11.4. The van der Waals surface area contributed by atoms with Gasteiger partial charge in [-0.1, -0.05) is 44.2 Å². The summed E-state index contributed by atoms with van der Waals surface area (Å²) in [7, 11) is 0. The van der Waals surface area contributed by atoms with Crippen LogP contribution in [0.4, 0.5) is 0 Å². The second-order valence-corrected chi connectivity index (χ2v) is 8.68. The maximum absolute atomic E-state index is 13.1. The molecule has 0 aliphatic carbocycles. The maximum Gasteiger partial charge on any atom is 0.332 e. The molecule has 0 saturated carbocycles. The molecular formula is C22H25N3O8S. The molecule has 0 spiro atoms. The lowest BCUT2D eigenvalue weighted by Gasteiger charge is -2.29.